The molecule has 5 heteroatoms. The Morgan fingerprint density at radius 3 is 2.25 bits per heavy atom. The lowest BCUT2D eigenvalue weighted by Crippen LogP contribution is -2.21. The van der Waals surface area contributed by atoms with Gasteiger partial charge < -0.3 is 0 Å². The van der Waals surface area contributed by atoms with Crippen molar-refractivity contribution in [1.82, 2.24) is 9.29 Å². The largest absolute Gasteiger partial charge is 0.285 e. The Hall–Kier alpha value is -1.88. The SMILES string of the molecule is O=S(=O)(c1ccccn1)N1C=CC=CC=C1. The summed E-state index contributed by atoms with van der Waals surface area (Å²) in [6.07, 6.45) is 11.2. The summed E-state index contributed by atoms with van der Waals surface area (Å²) >= 11 is 0. The van der Waals surface area contributed by atoms with E-state index in [1.54, 1.807) is 36.4 Å². The fraction of sp³-hybridized carbons (Fsp3) is 0. The molecule has 0 aliphatic carbocycles. The normalized spacial score (nSPS) is 15.1. The van der Waals surface area contributed by atoms with Crippen molar-refractivity contribution in [3.05, 3.63) is 61.1 Å². The van der Waals surface area contributed by atoms with E-state index < -0.39 is 10.0 Å². The van der Waals surface area contributed by atoms with Gasteiger partial charge >= 0.3 is 0 Å². The standard InChI is InChI=1S/C11H10N2O2S/c14-16(15,11-7-3-4-8-12-11)13-9-5-1-2-6-10-13/h1-10H. The molecular formula is C11H10N2O2S. The Bertz CT molecular complexity index is 529. The molecule has 0 unspecified atom stereocenters. The van der Waals surface area contributed by atoms with E-state index in [1.165, 1.54) is 24.7 Å². The number of allylic oxidation sites excluding steroid dienone is 4. The van der Waals surface area contributed by atoms with Crippen molar-refractivity contribution in [2.75, 3.05) is 0 Å². The van der Waals surface area contributed by atoms with E-state index in [1.807, 2.05) is 0 Å². The highest BCUT2D eigenvalue weighted by Gasteiger charge is 2.20. The van der Waals surface area contributed by atoms with Gasteiger partial charge in [-0.25, -0.2) is 9.29 Å². The van der Waals surface area contributed by atoms with Crippen molar-refractivity contribution >= 4 is 10.0 Å². The maximum absolute atomic E-state index is 12.1. The van der Waals surface area contributed by atoms with Crippen LogP contribution < -0.4 is 0 Å². The lowest BCUT2D eigenvalue weighted by molar-refractivity contribution is 0.549. The predicted octanol–water partition coefficient (Wildman–Crippen LogP) is 1.67. The predicted molar refractivity (Wildman–Crippen MR) is 60.7 cm³/mol. The molecule has 0 spiro atoms. The van der Waals surface area contributed by atoms with Gasteiger partial charge in [-0.15, -0.1) is 0 Å². The maximum atomic E-state index is 12.1. The van der Waals surface area contributed by atoms with Crippen molar-refractivity contribution in [1.29, 1.82) is 0 Å². The Balaban J connectivity index is 2.40. The number of aromatic nitrogens is 1. The van der Waals surface area contributed by atoms with Crippen LogP contribution in [0.1, 0.15) is 0 Å². The molecule has 1 aliphatic rings. The molecule has 0 saturated heterocycles. The van der Waals surface area contributed by atoms with Crippen molar-refractivity contribution in [2.24, 2.45) is 0 Å². The van der Waals surface area contributed by atoms with E-state index in [-0.39, 0.29) is 5.03 Å². The molecule has 0 radical (unpaired) electrons. The highest BCUT2D eigenvalue weighted by molar-refractivity contribution is 7.89. The van der Waals surface area contributed by atoms with E-state index in [2.05, 4.69) is 4.98 Å². The lowest BCUT2D eigenvalue weighted by Gasteiger charge is -2.14. The van der Waals surface area contributed by atoms with Crippen LogP contribution in [0.25, 0.3) is 0 Å². The van der Waals surface area contributed by atoms with Crippen molar-refractivity contribution in [2.45, 2.75) is 5.03 Å². The van der Waals surface area contributed by atoms with Crippen LogP contribution in [-0.4, -0.2) is 17.7 Å². The van der Waals surface area contributed by atoms with Gasteiger partial charge in [0.25, 0.3) is 10.0 Å². The second kappa shape index (κ2) is 4.32. The Morgan fingerprint density at radius 1 is 1.00 bits per heavy atom. The van der Waals surface area contributed by atoms with Crippen LogP contribution in [0.2, 0.25) is 0 Å². The molecule has 2 heterocycles. The molecule has 1 aromatic rings. The van der Waals surface area contributed by atoms with E-state index in [9.17, 15) is 8.42 Å². The highest BCUT2D eigenvalue weighted by Crippen LogP contribution is 2.14. The molecule has 0 fully saturated rings. The van der Waals surface area contributed by atoms with Crippen molar-refractivity contribution in [3.63, 3.8) is 0 Å². The third-order valence-electron chi connectivity index (χ3n) is 1.98. The molecule has 0 atom stereocenters. The minimum absolute atomic E-state index is 0.0335. The van der Waals surface area contributed by atoms with Crippen LogP contribution in [0.3, 0.4) is 0 Å². The first kappa shape index (κ1) is 10.6. The Morgan fingerprint density at radius 2 is 1.69 bits per heavy atom. The third-order valence-corrected chi connectivity index (χ3v) is 3.55. The van der Waals surface area contributed by atoms with Gasteiger partial charge in [0, 0.05) is 18.6 Å². The van der Waals surface area contributed by atoms with Gasteiger partial charge in [0.1, 0.15) is 0 Å². The number of sulfonamides is 1. The average molecular weight is 234 g/mol. The highest BCUT2D eigenvalue weighted by atomic mass is 32.2. The average Bonchev–Trinajstić information content (AvgIpc) is 2.59. The quantitative estimate of drug-likeness (QED) is 0.782. The smallest absolute Gasteiger partial charge is 0.248 e. The minimum Gasteiger partial charge on any atom is -0.248 e. The summed E-state index contributed by atoms with van der Waals surface area (Å²) < 4.78 is 25.3. The first-order chi connectivity index (χ1) is 7.71. The van der Waals surface area contributed by atoms with E-state index in [0.29, 0.717) is 0 Å². The van der Waals surface area contributed by atoms with Crippen LogP contribution in [-0.2, 0) is 10.0 Å². The van der Waals surface area contributed by atoms with Gasteiger partial charge in [-0.05, 0) is 24.3 Å². The summed E-state index contributed by atoms with van der Waals surface area (Å²) in [7, 11) is -3.58. The van der Waals surface area contributed by atoms with Crippen LogP contribution in [0.15, 0.2) is 66.1 Å². The molecule has 0 N–H and O–H groups in total. The fourth-order valence-electron chi connectivity index (χ4n) is 1.21. The first-order valence-electron chi connectivity index (χ1n) is 4.67. The monoisotopic (exact) mass is 234 g/mol. The Labute approximate surface area is 94.3 Å². The zero-order valence-electron chi connectivity index (χ0n) is 8.39. The van der Waals surface area contributed by atoms with E-state index in [0.717, 1.165) is 4.31 Å². The molecule has 0 saturated carbocycles. The molecule has 1 aromatic heterocycles. The van der Waals surface area contributed by atoms with Gasteiger partial charge in [-0.1, -0.05) is 18.2 Å². The summed E-state index contributed by atoms with van der Waals surface area (Å²) in [5.74, 6) is 0. The first-order valence-corrected chi connectivity index (χ1v) is 6.11. The number of rotatable bonds is 2. The summed E-state index contributed by atoms with van der Waals surface area (Å²) in [6.45, 7) is 0. The van der Waals surface area contributed by atoms with Crippen molar-refractivity contribution in [3.8, 4) is 0 Å². The zero-order chi connectivity index (χ0) is 11.4. The molecular weight excluding hydrogens is 224 g/mol. The van der Waals surface area contributed by atoms with E-state index >= 15 is 0 Å². The molecule has 16 heavy (non-hydrogen) atoms. The summed E-state index contributed by atoms with van der Waals surface area (Å²) in [5, 5.41) is 0.0335. The van der Waals surface area contributed by atoms with Gasteiger partial charge in [-0.3, -0.25) is 0 Å². The number of hydrogen-bond acceptors (Lipinski definition) is 3. The minimum atomic E-state index is -3.58. The second-order valence-electron chi connectivity index (χ2n) is 3.07. The van der Waals surface area contributed by atoms with E-state index in [4.69, 9.17) is 0 Å². The molecule has 2 rings (SSSR count). The molecule has 0 amide bonds. The van der Waals surface area contributed by atoms with Crippen LogP contribution in [0.5, 0.6) is 0 Å². The lowest BCUT2D eigenvalue weighted by atomic mass is 10.5. The summed E-state index contributed by atoms with van der Waals surface area (Å²) in [6, 6.07) is 4.79. The van der Waals surface area contributed by atoms with Crippen LogP contribution in [0.4, 0.5) is 0 Å². The van der Waals surface area contributed by atoms with Gasteiger partial charge in [0.15, 0.2) is 5.03 Å². The zero-order valence-corrected chi connectivity index (χ0v) is 9.21. The molecule has 0 aromatic carbocycles. The topological polar surface area (TPSA) is 50.3 Å². The molecule has 0 bridgehead atoms. The fourth-order valence-corrected chi connectivity index (χ4v) is 2.34. The van der Waals surface area contributed by atoms with Crippen molar-refractivity contribution < 1.29 is 8.42 Å². The molecule has 1 aliphatic heterocycles. The number of hydrogen-bond donors (Lipinski definition) is 0. The van der Waals surface area contributed by atoms with Gasteiger partial charge in [0.2, 0.25) is 0 Å². The Kier molecular flexibility index (Phi) is 2.87. The summed E-state index contributed by atoms with van der Waals surface area (Å²) in [5.41, 5.74) is 0. The van der Waals surface area contributed by atoms with Gasteiger partial charge in [0.05, 0.1) is 0 Å². The second-order valence-corrected chi connectivity index (χ2v) is 4.86. The van der Waals surface area contributed by atoms with Crippen LogP contribution in [0, 0.1) is 0 Å². The van der Waals surface area contributed by atoms with Crippen LogP contribution >= 0.6 is 0 Å². The number of nitrogens with zero attached hydrogens (tertiary/aromatic N) is 2. The summed E-state index contributed by atoms with van der Waals surface area (Å²) in [4.78, 5) is 3.84. The van der Waals surface area contributed by atoms with Gasteiger partial charge in [-0.2, -0.15) is 8.42 Å². The molecule has 82 valence electrons. The third kappa shape index (κ3) is 2.04. The molecule has 4 nitrogen and oxygen atoms in total. The number of pyridine rings is 1. The maximum Gasteiger partial charge on any atom is 0.285 e.